The van der Waals surface area contributed by atoms with Crippen molar-refractivity contribution in [2.45, 2.75) is 44.8 Å². The summed E-state index contributed by atoms with van der Waals surface area (Å²) < 4.78 is 7.54. The molecule has 2 atom stereocenters. The lowest BCUT2D eigenvalue weighted by atomic mass is 10.0. The maximum atomic E-state index is 6.16. The van der Waals surface area contributed by atoms with E-state index in [0.717, 1.165) is 38.0 Å². The van der Waals surface area contributed by atoms with Crippen LogP contribution in [0.1, 0.15) is 31.2 Å². The lowest BCUT2D eigenvalue weighted by Gasteiger charge is -2.18. The first-order chi connectivity index (χ1) is 7.70. The zero-order valence-electron chi connectivity index (χ0n) is 10.1. The summed E-state index contributed by atoms with van der Waals surface area (Å²) in [6, 6.07) is 2.25. The van der Waals surface area contributed by atoms with Gasteiger partial charge in [0.1, 0.15) is 0 Å². The molecular weight excluding hydrogens is 202 g/mol. The van der Waals surface area contributed by atoms with Crippen LogP contribution in [0.5, 0.6) is 0 Å². The van der Waals surface area contributed by atoms with E-state index in [1.54, 1.807) is 0 Å². The lowest BCUT2D eigenvalue weighted by Crippen LogP contribution is -2.36. The average Bonchev–Trinajstić information content (AvgIpc) is 2.88. The van der Waals surface area contributed by atoms with Crippen LogP contribution in [0, 0.1) is 0 Å². The molecule has 0 radical (unpaired) electrons. The molecule has 1 aromatic heterocycles. The van der Waals surface area contributed by atoms with Gasteiger partial charge in [-0.3, -0.25) is 4.68 Å². The Labute approximate surface area is 96.8 Å². The van der Waals surface area contributed by atoms with E-state index in [-0.39, 0.29) is 12.1 Å². The van der Waals surface area contributed by atoms with Crippen molar-refractivity contribution >= 4 is 0 Å². The second-order valence-corrected chi connectivity index (χ2v) is 4.52. The number of ether oxygens (including phenoxy) is 1. The fourth-order valence-corrected chi connectivity index (χ4v) is 2.25. The van der Waals surface area contributed by atoms with Gasteiger partial charge in [-0.15, -0.1) is 0 Å². The molecule has 0 aromatic carbocycles. The summed E-state index contributed by atoms with van der Waals surface area (Å²) in [5.74, 6) is 0. The van der Waals surface area contributed by atoms with Gasteiger partial charge in [-0.05, 0) is 25.3 Å². The molecule has 2 rings (SSSR count). The monoisotopic (exact) mass is 223 g/mol. The van der Waals surface area contributed by atoms with Crippen molar-refractivity contribution in [3.63, 3.8) is 0 Å². The number of nitrogens with two attached hydrogens (primary N) is 1. The third-order valence-corrected chi connectivity index (χ3v) is 3.28. The summed E-state index contributed by atoms with van der Waals surface area (Å²) in [6.45, 7) is 2.98. The summed E-state index contributed by atoms with van der Waals surface area (Å²) in [6.07, 6.45) is 4.31. The molecule has 0 aliphatic carbocycles. The van der Waals surface area contributed by atoms with E-state index in [1.165, 1.54) is 5.69 Å². The molecule has 0 amide bonds. The van der Waals surface area contributed by atoms with Crippen molar-refractivity contribution in [2.75, 3.05) is 6.61 Å². The molecule has 16 heavy (non-hydrogen) atoms. The van der Waals surface area contributed by atoms with Gasteiger partial charge in [0.25, 0.3) is 0 Å². The van der Waals surface area contributed by atoms with Crippen molar-refractivity contribution in [1.82, 2.24) is 9.78 Å². The first-order valence-electron chi connectivity index (χ1n) is 6.09. The van der Waals surface area contributed by atoms with Crippen molar-refractivity contribution in [3.8, 4) is 0 Å². The average molecular weight is 223 g/mol. The molecule has 1 saturated heterocycles. The van der Waals surface area contributed by atoms with Crippen molar-refractivity contribution in [2.24, 2.45) is 12.8 Å². The van der Waals surface area contributed by atoms with Crippen LogP contribution in [0.4, 0.5) is 0 Å². The summed E-state index contributed by atoms with van der Waals surface area (Å²) in [5, 5.41) is 4.43. The molecule has 2 heterocycles. The Hall–Kier alpha value is -0.870. The van der Waals surface area contributed by atoms with Gasteiger partial charge in [0.15, 0.2) is 0 Å². The molecule has 0 saturated carbocycles. The fourth-order valence-electron chi connectivity index (χ4n) is 2.25. The minimum atomic E-state index is 0.0996. The fraction of sp³-hybridized carbons (Fsp3) is 0.750. The number of aryl methyl sites for hydroxylation is 2. The molecule has 2 N–H and O–H groups in total. The Balaban J connectivity index is 1.99. The highest BCUT2D eigenvalue weighted by Crippen LogP contribution is 2.17. The lowest BCUT2D eigenvalue weighted by molar-refractivity contribution is 0.0895. The van der Waals surface area contributed by atoms with Crippen LogP contribution in [-0.4, -0.2) is 28.5 Å². The first kappa shape index (κ1) is 11.6. The Kier molecular flexibility index (Phi) is 3.61. The van der Waals surface area contributed by atoms with E-state index in [0.29, 0.717) is 0 Å². The van der Waals surface area contributed by atoms with E-state index in [4.69, 9.17) is 10.5 Å². The van der Waals surface area contributed by atoms with Crippen LogP contribution in [0.15, 0.2) is 6.07 Å². The zero-order chi connectivity index (χ0) is 11.5. The predicted molar refractivity (Wildman–Crippen MR) is 63.2 cm³/mol. The van der Waals surface area contributed by atoms with Crippen LogP contribution in [0.25, 0.3) is 0 Å². The minimum Gasteiger partial charge on any atom is -0.377 e. The quantitative estimate of drug-likeness (QED) is 0.829. The van der Waals surface area contributed by atoms with Gasteiger partial charge in [-0.1, -0.05) is 6.92 Å². The van der Waals surface area contributed by atoms with Crippen LogP contribution < -0.4 is 5.73 Å². The van der Waals surface area contributed by atoms with E-state index in [2.05, 4.69) is 18.1 Å². The van der Waals surface area contributed by atoms with E-state index < -0.39 is 0 Å². The highest BCUT2D eigenvalue weighted by atomic mass is 16.5. The van der Waals surface area contributed by atoms with Crippen molar-refractivity contribution in [1.29, 1.82) is 0 Å². The first-order valence-corrected chi connectivity index (χ1v) is 6.09. The van der Waals surface area contributed by atoms with Gasteiger partial charge >= 0.3 is 0 Å². The van der Waals surface area contributed by atoms with Gasteiger partial charge in [0.05, 0.1) is 11.8 Å². The third kappa shape index (κ3) is 2.44. The predicted octanol–water partition coefficient (Wildman–Crippen LogP) is 1.03. The molecule has 1 aliphatic rings. The third-order valence-electron chi connectivity index (χ3n) is 3.28. The standard InChI is InChI=1S/C12H21N3O/c1-3-9-7-10(15(2)14-9)8-11(13)12-5-4-6-16-12/h7,11-12H,3-6,8,13H2,1-2H3. The highest BCUT2D eigenvalue weighted by Gasteiger charge is 2.23. The Morgan fingerprint density at radius 1 is 1.69 bits per heavy atom. The van der Waals surface area contributed by atoms with Gasteiger partial charge < -0.3 is 10.5 Å². The van der Waals surface area contributed by atoms with Crippen LogP contribution in [0.2, 0.25) is 0 Å². The van der Waals surface area contributed by atoms with Gasteiger partial charge in [-0.25, -0.2) is 0 Å². The maximum absolute atomic E-state index is 6.16. The number of hydrogen-bond acceptors (Lipinski definition) is 3. The smallest absolute Gasteiger partial charge is 0.0730 e. The second-order valence-electron chi connectivity index (χ2n) is 4.52. The molecule has 1 aliphatic heterocycles. The molecule has 90 valence electrons. The zero-order valence-corrected chi connectivity index (χ0v) is 10.1. The Morgan fingerprint density at radius 3 is 3.06 bits per heavy atom. The molecule has 4 heteroatoms. The maximum Gasteiger partial charge on any atom is 0.0730 e. The summed E-state index contributed by atoms with van der Waals surface area (Å²) in [7, 11) is 1.98. The van der Waals surface area contributed by atoms with Gasteiger partial charge in [-0.2, -0.15) is 5.10 Å². The number of rotatable bonds is 4. The number of aromatic nitrogens is 2. The number of nitrogens with zero attached hydrogens (tertiary/aromatic N) is 2. The van der Waals surface area contributed by atoms with Crippen molar-refractivity contribution in [3.05, 3.63) is 17.5 Å². The molecule has 1 aromatic rings. The summed E-state index contributed by atoms with van der Waals surface area (Å²) >= 11 is 0. The van der Waals surface area contributed by atoms with Crippen molar-refractivity contribution < 1.29 is 4.74 Å². The molecule has 1 fully saturated rings. The van der Waals surface area contributed by atoms with Gasteiger partial charge in [0.2, 0.25) is 0 Å². The molecule has 0 bridgehead atoms. The summed E-state index contributed by atoms with van der Waals surface area (Å²) in [4.78, 5) is 0. The molecule has 0 spiro atoms. The highest BCUT2D eigenvalue weighted by molar-refractivity contribution is 5.12. The van der Waals surface area contributed by atoms with Gasteiger partial charge in [0, 0.05) is 31.8 Å². The van der Waals surface area contributed by atoms with E-state index in [9.17, 15) is 0 Å². The second kappa shape index (κ2) is 4.97. The summed E-state index contributed by atoms with van der Waals surface area (Å²) in [5.41, 5.74) is 8.51. The normalized spacial score (nSPS) is 22.6. The largest absolute Gasteiger partial charge is 0.377 e. The van der Waals surface area contributed by atoms with E-state index >= 15 is 0 Å². The molecule has 2 unspecified atom stereocenters. The van der Waals surface area contributed by atoms with E-state index in [1.807, 2.05) is 11.7 Å². The van der Waals surface area contributed by atoms with Crippen LogP contribution in [-0.2, 0) is 24.6 Å². The molecule has 4 nitrogen and oxygen atoms in total. The Morgan fingerprint density at radius 2 is 2.50 bits per heavy atom. The number of hydrogen-bond donors (Lipinski definition) is 1. The minimum absolute atomic E-state index is 0.0996. The SMILES string of the molecule is CCc1cc(CC(N)C2CCCO2)n(C)n1. The topological polar surface area (TPSA) is 53.1 Å². The molecular formula is C12H21N3O. The van der Waals surface area contributed by atoms with Crippen LogP contribution in [0.3, 0.4) is 0 Å². The van der Waals surface area contributed by atoms with Crippen LogP contribution >= 0.6 is 0 Å². The Bertz CT molecular complexity index is 342.